The quantitative estimate of drug-likeness (QED) is 0.368. The molecule has 4 aromatic heterocycles. The molecule has 2 aliphatic rings. The average Bonchev–Trinajstić information content (AvgIpc) is 3.38. The number of hydrogen-bond acceptors (Lipinski definition) is 7. The van der Waals surface area contributed by atoms with Gasteiger partial charge in [-0.1, -0.05) is 0 Å². The minimum absolute atomic E-state index is 0.0451. The monoisotopic (exact) mass is 535 g/mol. The van der Waals surface area contributed by atoms with Gasteiger partial charge in [0.15, 0.2) is 11.5 Å². The standard InChI is InChI=1S/C24H26F5N9/c1-13-31-18-3-2-17(33-21(18)37(13)12-24(27,28)29)16-6-9-38-19(16)20(30)34-22(35-38)32-14-4-7-36(8-5-14)15-10-23(25,26)11-15/h2-3,6,9,14-15H,4-5,7-8,10-12H2,1H3,(H3,30,32,34,35). The topological polar surface area (TPSA) is 102 Å². The molecule has 2 fully saturated rings. The number of likely N-dealkylation sites (tertiary alicyclic amines) is 1. The van der Waals surface area contributed by atoms with Gasteiger partial charge in [0.1, 0.15) is 23.4 Å². The van der Waals surface area contributed by atoms with E-state index < -0.39 is 18.6 Å². The molecule has 1 saturated heterocycles. The molecule has 0 bridgehead atoms. The molecule has 1 aliphatic heterocycles. The number of rotatable bonds is 5. The molecule has 0 unspecified atom stereocenters. The fraction of sp³-hybridized carbons (Fsp3) is 0.500. The second-order valence-corrected chi connectivity index (χ2v) is 10.1. The van der Waals surface area contributed by atoms with Crippen LogP contribution < -0.4 is 11.1 Å². The zero-order valence-electron chi connectivity index (χ0n) is 20.5. The van der Waals surface area contributed by atoms with Gasteiger partial charge in [-0.05, 0) is 38.0 Å². The number of imidazole rings is 1. The fourth-order valence-electron chi connectivity index (χ4n) is 5.43. The number of halogens is 5. The minimum atomic E-state index is -4.41. The van der Waals surface area contributed by atoms with E-state index in [1.54, 1.807) is 28.9 Å². The molecular weight excluding hydrogens is 509 g/mol. The number of nitrogen functional groups attached to an aromatic ring is 1. The van der Waals surface area contributed by atoms with Gasteiger partial charge in [0, 0.05) is 49.8 Å². The molecule has 0 radical (unpaired) electrons. The van der Waals surface area contributed by atoms with E-state index in [1.807, 2.05) is 0 Å². The molecule has 0 atom stereocenters. The van der Waals surface area contributed by atoms with E-state index >= 15 is 0 Å². The number of nitrogens with zero attached hydrogens (tertiary/aromatic N) is 7. The Balaban J connectivity index is 1.21. The number of fused-ring (bicyclic) bond motifs is 2. The predicted molar refractivity (Wildman–Crippen MR) is 131 cm³/mol. The van der Waals surface area contributed by atoms with Gasteiger partial charge in [-0.3, -0.25) is 4.90 Å². The van der Waals surface area contributed by atoms with Crippen LogP contribution >= 0.6 is 0 Å². The molecule has 3 N–H and O–H groups in total. The summed E-state index contributed by atoms with van der Waals surface area (Å²) in [6.07, 6.45) is -1.31. The van der Waals surface area contributed by atoms with Crippen molar-refractivity contribution in [3.05, 3.63) is 30.2 Å². The Bertz CT molecular complexity index is 1490. The maximum Gasteiger partial charge on any atom is 0.406 e. The van der Waals surface area contributed by atoms with Gasteiger partial charge in [-0.15, -0.1) is 5.10 Å². The Morgan fingerprint density at radius 3 is 2.50 bits per heavy atom. The Morgan fingerprint density at radius 2 is 1.82 bits per heavy atom. The highest BCUT2D eigenvalue weighted by atomic mass is 19.4. The van der Waals surface area contributed by atoms with Crippen molar-refractivity contribution < 1.29 is 22.0 Å². The zero-order valence-corrected chi connectivity index (χ0v) is 20.5. The number of piperidine rings is 1. The van der Waals surface area contributed by atoms with Crippen LogP contribution in [0.4, 0.5) is 33.7 Å². The normalized spacial score (nSPS) is 19.3. The maximum absolute atomic E-state index is 13.2. The highest BCUT2D eigenvalue weighted by molar-refractivity contribution is 5.88. The summed E-state index contributed by atoms with van der Waals surface area (Å²) in [5.41, 5.74) is 8.29. The molecule has 38 heavy (non-hydrogen) atoms. The highest BCUT2D eigenvalue weighted by Crippen LogP contribution is 2.41. The van der Waals surface area contributed by atoms with E-state index in [4.69, 9.17) is 5.73 Å². The van der Waals surface area contributed by atoms with Crippen molar-refractivity contribution in [2.24, 2.45) is 0 Å². The number of anilines is 2. The van der Waals surface area contributed by atoms with Crippen LogP contribution in [0.5, 0.6) is 0 Å². The fourth-order valence-corrected chi connectivity index (χ4v) is 5.43. The molecule has 5 heterocycles. The number of alkyl halides is 5. The lowest BCUT2D eigenvalue weighted by Crippen LogP contribution is -2.54. The van der Waals surface area contributed by atoms with Gasteiger partial charge in [0.2, 0.25) is 5.95 Å². The molecule has 0 aromatic carbocycles. The molecule has 4 aromatic rings. The summed E-state index contributed by atoms with van der Waals surface area (Å²) in [5, 5.41) is 7.82. The number of hydrogen-bond donors (Lipinski definition) is 2. The van der Waals surface area contributed by atoms with Gasteiger partial charge >= 0.3 is 6.18 Å². The lowest BCUT2D eigenvalue weighted by Gasteiger charge is -2.45. The van der Waals surface area contributed by atoms with Gasteiger partial charge < -0.3 is 15.6 Å². The van der Waals surface area contributed by atoms with E-state index in [1.165, 1.54) is 6.92 Å². The van der Waals surface area contributed by atoms with Gasteiger partial charge in [0.25, 0.3) is 5.92 Å². The smallest absolute Gasteiger partial charge is 0.382 e. The van der Waals surface area contributed by atoms with Crippen LogP contribution in [0.15, 0.2) is 24.4 Å². The summed E-state index contributed by atoms with van der Waals surface area (Å²) in [7, 11) is 0. The number of nitrogens with two attached hydrogens (primary N) is 1. The Morgan fingerprint density at radius 1 is 1.08 bits per heavy atom. The summed E-state index contributed by atoms with van der Waals surface area (Å²) in [6.45, 7) is 1.77. The van der Waals surface area contributed by atoms with Gasteiger partial charge in [-0.25, -0.2) is 23.3 Å². The van der Waals surface area contributed by atoms with Crippen LogP contribution in [0, 0.1) is 6.92 Å². The number of nitrogens with one attached hydrogen (secondary N) is 1. The van der Waals surface area contributed by atoms with Crippen LogP contribution in [0.1, 0.15) is 31.5 Å². The highest BCUT2D eigenvalue weighted by Gasteiger charge is 2.48. The first kappa shape index (κ1) is 24.8. The van der Waals surface area contributed by atoms with Crippen molar-refractivity contribution in [3.63, 3.8) is 0 Å². The van der Waals surface area contributed by atoms with E-state index in [-0.39, 0.29) is 42.2 Å². The lowest BCUT2D eigenvalue weighted by atomic mass is 9.85. The third-order valence-electron chi connectivity index (χ3n) is 7.38. The van der Waals surface area contributed by atoms with Crippen molar-refractivity contribution >= 4 is 28.4 Å². The summed E-state index contributed by atoms with van der Waals surface area (Å²) >= 11 is 0. The molecule has 6 rings (SSSR count). The number of aryl methyl sites for hydroxylation is 1. The zero-order chi connectivity index (χ0) is 26.8. The molecule has 1 saturated carbocycles. The van der Waals surface area contributed by atoms with Gasteiger partial charge in [-0.2, -0.15) is 18.2 Å². The SMILES string of the molecule is Cc1nc2ccc(-c3ccn4nc(NC5CCN(C6CC(F)(F)C6)CC5)nc(N)c34)nc2n1CC(F)(F)F. The van der Waals surface area contributed by atoms with Crippen LogP contribution in [0.2, 0.25) is 0 Å². The third-order valence-corrected chi connectivity index (χ3v) is 7.38. The van der Waals surface area contributed by atoms with E-state index in [2.05, 4.69) is 30.3 Å². The first-order chi connectivity index (χ1) is 18.0. The molecular formula is C24H26F5N9. The summed E-state index contributed by atoms with van der Waals surface area (Å²) < 4.78 is 68.4. The largest absolute Gasteiger partial charge is 0.406 e. The molecule has 14 heteroatoms. The predicted octanol–water partition coefficient (Wildman–Crippen LogP) is 4.27. The lowest BCUT2D eigenvalue weighted by molar-refractivity contribution is -0.140. The van der Waals surface area contributed by atoms with Crippen molar-refractivity contribution in [3.8, 4) is 11.3 Å². The number of aromatic nitrogens is 6. The van der Waals surface area contributed by atoms with Crippen LogP contribution in [-0.4, -0.2) is 71.3 Å². The average molecular weight is 536 g/mol. The van der Waals surface area contributed by atoms with Crippen molar-refractivity contribution in [2.75, 3.05) is 24.1 Å². The molecule has 0 amide bonds. The van der Waals surface area contributed by atoms with E-state index in [9.17, 15) is 22.0 Å². The second-order valence-electron chi connectivity index (χ2n) is 10.1. The maximum atomic E-state index is 13.2. The van der Waals surface area contributed by atoms with Crippen LogP contribution in [0.3, 0.4) is 0 Å². The number of pyridine rings is 1. The molecule has 202 valence electrons. The Hall–Kier alpha value is -3.55. The second kappa shape index (κ2) is 8.75. The Labute approximate surface area is 213 Å². The van der Waals surface area contributed by atoms with Crippen molar-refractivity contribution in [1.82, 2.24) is 34.0 Å². The minimum Gasteiger partial charge on any atom is -0.382 e. The molecule has 0 spiro atoms. The summed E-state index contributed by atoms with van der Waals surface area (Å²) in [5.74, 6) is -1.77. The third kappa shape index (κ3) is 4.61. The first-order valence-electron chi connectivity index (χ1n) is 12.4. The molecule has 9 nitrogen and oxygen atoms in total. The summed E-state index contributed by atoms with van der Waals surface area (Å²) in [6, 6.07) is 5.09. The molecule has 1 aliphatic carbocycles. The first-order valence-corrected chi connectivity index (χ1v) is 12.4. The van der Waals surface area contributed by atoms with E-state index in [0.29, 0.717) is 28.2 Å². The van der Waals surface area contributed by atoms with Crippen LogP contribution in [-0.2, 0) is 6.54 Å². The van der Waals surface area contributed by atoms with E-state index in [0.717, 1.165) is 30.5 Å². The van der Waals surface area contributed by atoms with Crippen molar-refractivity contribution in [1.29, 1.82) is 0 Å². The Kier molecular flexibility index (Phi) is 5.70. The summed E-state index contributed by atoms with van der Waals surface area (Å²) in [4.78, 5) is 15.2. The van der Waals surface area contributed by atoms with Gasteiger partial charge in [0.05, 0.1) is 5.69 Å². The van der Waals surface area contributed by atoms with Crippen LogP contribution in [0.25, 0.3) is 27.9 Å². The van der Waals surface area contributed by atoms with Crippen molar-refractivity contribution in [2.45, 2.75) is 63.3 Å².